The molecule has 0 saturated carbocycles. The lowest BCUT2D eigenvalue weighted by atomic mass is 10.2. The first-order chi connectivity index (χ1) is 8.70. The Morgan fingerprint density at radius 3 is 3.06 bits per heavy atom. The van der Waals surface area contributed by atoms with Gasteiger partial charge in [0.25, 0.3) is 0 Å². The SMILES string of the molecule is CCC(C)n1ccc(CNCC2CCCN2C)n1. The van der Waals surface area contributed by atoms with E-state index in [4.69, 9.17) is 0 Å². The number of likely N-dealkylation sites (tertiary alicyclic amines) is 1. The smallest absolute Gasteiger partial charge is 0.0762 e. The topological polar surface area (TPSA) is 33.1 Å². The average Bonchev–Trinajstić information content (AvgIpc) is 2.99. The first-order valence-corrected chi connectivity index (χ1v) is 7.15. The van der Waals surface area contributed by atoms with Crippen molar-refractivity contribution in [3.05, 3.63) is 18.0 Å². The Kier molecular flexibility index (Phi) is 4.78. The van der Waals surface area contributed by atoms with Crippen molar-refractivity contribution in [2.24, 2.45) is 0 Å². The van der Waals surface area contributed by atoms with E-state index < -0.39 is 0 Å². The normalized spacial score (nSPS) is 22.5. The summed E-state index contributed by atoms with van der Waals surface area (Å²) in [5.74, 6) is 0. The number of rotatable bonds is 6. The Bertz CT molecular complexity index is 360. The Hall–Kier alpha value is -0.870. The maximum absolute atomic E-state index is 4.60. The van der Waals surface area contributed by atoms with E-state index in [0.717, 1.165) is 25.2 Å². The second-order valence-corrected chi connectivity index (χ2v) is 5.45. The third-order valence-corrected chi connectivity index (χ3v) is 4.06. The van der Waals surface area contributed by atoms with E-state index in [1.54, 1.807) is 0 Å². The van der Waals surface area contributed by atoms with Gasteiger partial charge in [-0.2, -0.15) is 5.10 Å². The average molecular weight is 250 g/mol. The largest absolute Gasteiger partial charge is 0.310 e. The molecular weight excluding hydrogens is 224 g/mol. The molecule has 1 aliphatic rings. The van der Waals surface area contributed by atoms with E-state index in [1.807, 2.05) is 0 Å². The van der Waals surface area contributed by atoms with Crippen molar-refractivity contribution >= 4 is 0 Å². The molecule has 1 fully saturated rings. The minimum absolute atomic E-state index is 0.500. The van der Waals surface area contributed by atoms with Crippen LogP contribution in [0.3, 0.4) is 0 Å². The van der Waals surface area contributed by atoms with E-state index in [9.17, 15) is 0 Å². The van der Waals surface area contributed by atoms with Crippen molar-refractivity contribution in [2.75, 3.05) is 20.1 Å². The van der Waals surface area contributed by atoms with Gasteiger partial charge in [-0.3, -0.25) is 4.68 Å². The summed E-state index contributed by atoms with van der Waals surface area (Å²) in [5, 5.41) is 8.13. The molecule has 4 nitrogen and oxygen atoms in total. The lowest BCUT2D eigenvalue weighted by Crippen LogP contribution is -2.35. The molecule has 0 aromatic carbocycles. The Labute approximate surface area is 110 Å². The number of hydrogen-bond donors (Lipinski definition) is 1. The first kappa shape index (κ1) is 13.6. The molecular formula is C14H26N4. The van der Waals surface area contributed by atoms with Crippen LogP contribution in [0.4, 0.5) is 0 Å². The molecule has 2 atom stereocenters. The predicted octanol–water partition coefficient (Wildman–Crippen LogP) is 2.04. The van der Waals surface area contributed by atoms with Gasteiger partial charge >= 0.3 is 0 Å². The summed E-state index contributed by atoms with van der Waals surface area (Å²) < 4.78 is 2.07. The number of aromatic nitrogens is 2. The number of nitrogens with zero attached hydrogens (tertiary/aromatic N) is 3. The maximum atomic E-state index is 4.60. The van der Waals surface area contributed by atoms with E-state index in [-0.39, 0.29) is 0 Å². The van der Waals surface area contributed by atoms with E-state index in [1.165, 1.54) is 19.4 Å². The zero-order chi connectivity index (χ0) is 13.0. The molecule has 1 saturated heterocycles. The standard InChI is InChI=1S/C14H26N4/c1-4-12(2)18-9-7-13(16-18)10-15-11-14-6-5-8-17(14)3/h7,9,12,14-15H,4-6,8,10-11H2,1-3H3. The lowest BCUT2D eigenvalue weighted by molar-refractivity contribution is 0.299. The van der Waals surface area contributed by atoms with E-state index in [0.29, 0.717) is 12.1 Å². The van der Waals surface area contributed by atoms with Crippen molar-refractivity contribution in [3.63, 3.8) is 0 Å². The monoisotopic (exact) mass is 250 g/mol. The zero-order valence-electron chi connectivity index (χ0n) is 11.9. The molecule has 0 bridgehead atoms. The quantitative estimate of drug-likeness (QED) is 0.838. The highest BCUT2D eigenvalue weighted by Gasteiger charge is 2.19. The summed E-state index contributed by atoms with van der Waals surface area (Å²) in [6, 6.07) is 3.33. The summed E-state index contributed by atoms with van der Waals surface area (Å²) >= 11 is 0. The number of nitrogens with one attached hydrogen (secondary N) is 1. The Morgan fingerprint density at radius 2 is 2.39 bits per heavy atom. The summed E-state index contributed by atoms with van der Waals surface area (Å²) in [7, 11) is 2.22. The molecule has 0 spiro atoms. The lowest BCUT2D eigenvalue weighted by Gasteiger charge is -2.19. The van der Waals surface area contributed by atoms with Crippen LogP contribution >= 0.6 is 0 Å². The molecule has 0 radical (unpaired) electrons. The summed E-state index contributed by atoms with van der Waals surface area (Å²) in [6.07, 6.45) is 5.88. The summed E-state index contributed by atoms with van der Waals surface area (Å²) in [6.45, 7) is 7.60. The summed E-state index contributed by atoms with van der Waals surface area (Å²) in [4.78, 5) is 2.45. The first-order valence-electron chi connectivity index (χ1n) is 7.15. The minimum Gasteiger partial charge on any atom is -0.310 e. The Balaban J connectivity index is 1.74. The zero-order valence-corrected chi connectivity index (χ0v) is 11.9. The van der Waals surface area contributed by atoms with Gasteiger partial charge in [0, 0.05) is 31.4 Å². The van der Waals surface area contributed by atoms with Gasteiger partial charge in [-0.05, 0) is 45.8 Å². The highest BCUT2D eigenvalue weighted by molar-refractivity contribution is 4.99. The van der Waals surface area contributed by atoms with Crippen molar-refractivity contribution in [1.82, 2.24) is 20.0 Å². The highest BCUT2D eigenvalue weighted by Crippen LogP contribution is 2.14. The molecule has 1 aliphatic heterocycles. The minimum atomic E-state index is 0.500. The second-order valence-electron chi connectivity index (χ2n) is 5.45. The van der Waals surface area contributed by atoms with Crippen LogP contribution in [0.1, 0.15) is 44.8 Å². The van der Waals surface area contributed by atoms with Gasteiger partial charge in [0.1, 0.15) is 0 Å². The van der Waals surface area contributed by atoms with Gasteiger partial charge in [-0.1, -0.05) is 6.92 Å². The molecule has 102 valence electrons. The van der Waals surface area contributed by atoms with E-state index >= 15 is 0 Å². The molecule has 1 N–H and O–H groups in total. The third-order valence-electron chi connectivity index (χ3n) is 4.06. The fraction of sp³-hybridized carbons (Fsp3) is 0.786. The van der Waals surface area contributed by atoms with Crippen molar-refractivity contribution in [2.45, 2.75) is 51.7 Å². The van der Waals surface area contributed by atoms with Gasteiger partial charge in [0.05, 0.1) is 5.69 Å². The molecule has 2 heterocycles. The van der Waals surface area contributed by atoms with Crippen LogP contribution in [0, 0.1) is 0 Å². The van der Waals surface area contributed by atoms with Crippen molar-refractivity contribution in [1.29, 1.82) is 0 Å². The number of likely N-dealkylation sites (N-methyl/N-ethyl adjacent to an activating group) is 1. The van der Waals surface area contributed by atoms with Crippen LogP contribution in [-0.4, -0.2) is 40.9 Å². The van der Waals surface area contributed by atoms with Crippen molar-refractivity contribution in [3.8, 4) is 0 Å². The molecule has 2 rings (SSSR count). The van der Waals surface area contributed by atoms with Crippen molar-refractivity contribution < 1.29 is 0 Å². The van der Waals surface area contributed by atoms with Crippen LogP contribution < -0.4 is 5.32 Å². The van der Waals surface area contributed by atoms with Crippen LogP contribution in [0.15, 0.2) is 12.3 Å². The molecule has 18 heavy (non-hydrogen) atoms. The van der Waals surface area contributed by atoms with Gasteiger partial charge in [0.2, 0.25) is 0 Å². The van der Waals surface area contributed by atoms with Crippen LogP contribution in [0.25, 0.3) is 0 Å². The summed E-state index contributed by atoms with van der Waals surface area (Å²) in [5.41, 5.74) is 1.15. The third kappa shape index (κ3) is 3.33. The van der Waals surface area contributed by atoms with Crippen LogP contribution in [-0.2, 0) is 6.54 Å². The van der Waals surface area contributed by atoms with Gasteiger partial charge in [0.15, 0.2) is 0 Å². The number of hydrogen-bond acceptors (Lipinski definition) is 3. The van der Waals surface area contributed by atoms with Gasteiger partial charge in [-0.25, -0.2) is 0 Å². The maximum Gasteiger partial charge on any atom is 0.0762 e. The second kappa shape index (κ2) is 6.34. The highest BCUT2D eigenvalue weighted by atomic mass is 15.3. The molecule has 1 aromatic rings. The fourth-order valence-electron chi connectivity index (χ4n) is 2.51. The van der Waals surface area contributed by atoms with Crippen LogP contribution in [0.2, 0.25) is 0 Å². The van der Waals surface area contributed by atoms with Gasteiger partial charge < -0.3 is 10.2 Å². The molecule has 1 aromatic heterocycles. The molecule has 0 aliphatic carbocycles. The molecule has 4 heteroatoms. The van der Waals surface area contributed by atoms with E-state index in [2.05, 4.69) is 53.2 Å². The predicted molar refractivity (Wildman–Crippen MR) is 74.6 cm³/mol. The van der Waals surface area contributed by atoms with Crippen LogP contribution in [0.5, 0.6) is 0 Å². The Morgan fingerprint density at radius 1 is 1.56 bits per heavy atom. The molecule has 0 amide bonds. The van der Waals surface area contributed by atoms with Gasteiger partial charge in [-0.15, -0.1) is 0 Å². The molecule has 2 unspecified atom stereocenters. The fourth-order valence-corrected chi connectivity index (χ4v) is 2.51.